The van der Waals surface area contributed by atoms with E-state index in [1.807, 2.05) is 6.07 Å². The van der Waals surface area contributed by atoms with Crippen molar-refractivity contribution in [1.82, 2.24) is 15.1 Å². The fourth-order valence-corrected chi connectivity index (χ4v) is 3.75. The van der Waals surface area contributed by atoms with Crippen LogP contribution in [0.5, 0.6) is 0 Å². The van der Waals surface area contributed by atoms with Gasteiger partial charge in [-0.1, -0.05) is 17.3 Å². The van der Waals surface area contributed by atoms with Crippen LogP contribution < -0.4 is 15.6 Å². The molecule has 0 spiro atoms. The summed E-state index contributed by atoms with van der Waals surface area (Å²) in [7, 11) is -3.77. The van der Waals surface area contributed by atoms with Crippen molar-refractivity contribution in [2.75, 3.05) is 10.0 Å². The molecule has 0 unspecified atom stereocenters. The van der Waals surface area contributed by atoms with Crippen molar-refractivity contribution in [2.24, 2.45) is 0 Å². The molecule has 2 aromatic carbocycles. The maximum atomic E-state index is 12.4. The Labute approximate surface area is 165 Å². The van der Waals surface area contributed by atoms with Gasteiger partial charge >= 0.3 is 0 Å². The second kappa shape index (κ2) is 7.40. The van der Waals surface area contributed by atoms with E-state index in [0.717, 1.165) is 0 Å². The van der Waals surface area contributed by atoms with E-state index in [1.165, 1.54) is 18.2 Å². The van der Waals surface area contributed by atoms with Crippen LogP contribution in [0, 0.1) is 6.92 Å². The standard InChI is InChI=1S/C19H17N5O4S/c1-12-10-17(23-28-12)24-29(26,27)14-8-6-13(7-9-14)20-11-18-21-16-5-3-2-4-15(16)19(25)22-18/h2-10,20H,11H2,1H3,(H,23,24)(H,21,22,25). The lowest BCUT2D eigenvalue weighted by Crippen LogP contribution is -2.15. The predicted octanol–water partition coefficient (Wildman–Crippen LogP) is 2.63. The summed E-state index contributed by atoms with van der Waals surface area (Å²) < 4.78 is 32.0. The SMILES string of the molecule is Cc1cc(NS(=O)(=O)c2ccc(NCc3nc4ccccc4c(=O)[nH]3)cc2)no1. The van der Waals surface area contributed by atoms with Gasteiger partial charge in [-0.05, 0) is 43.3 Å². The number of para-hydroxylation sites is 1. The Morgan fingerprint density at radius 1 is 1.10 bits per heavy atom. The zero-order valence-corrected chi connectivity index (χ0v) is 16.2. The number of hydrogen-bond donors (Lipinski definition) is 3. The van der Waals surface area contributed by atoms with E-state index >= 15 is 0 Å². The summed E-state index contributed by atoms with van der Waals surface area (Å²) in [5.74, 6) is 1.10. The van der Waals surface area contributed by atoms with Crippen LogP contribution >= 0.6 is 0 Å². The molecule has 0 saturated carbocycles. The number of benzene rings is 2. The van der Waals surface area contributed by atoms with E-state index in [2.05, 4.69) is 25.2 Å². The molecule has 0 aliphatic heterocycles. The summed E-state index contributed by atoms with van der Waals surface area (Å²) in [5.41, 5.74) is 1.09. The first kappa shape index (κ1) is 18.7. The highest BCUT2D eigenvalue weighted by Gasteiger charge is 2.16. The van der Waals surface area contributed by atoms with Crippen LogP contribution in [0.3, 0.4) is 0 Å². The summed E-state index contributed by atoms with van der Waals surface area (Å²) >= 11 is 0. The van der Waals surface area contributed by atoms with E-state index in [9.17, 15) is 13.2 Å². The Morgan fingerprint density at radius 3 is 2.59 bits per heavy atom. The Bertz CT molecular complexity index is 1330. The molecule has 10 heteroatoms. The first-order valence-corrected chi connectivity index (χ1v) is 10.2. The molecule has 29 heavy (non-hydrogen) atoms. The molecule has 3 N–H and O–H groups in total. The van der Waals surface area contributed by atoms with Crippen molar-refractivity contribution < 1.29 is 12.9 Å². The number of anilines is 2. The molecular formula is C19H17N5O4S. The van der Waals surface area contributed by atoms with E-state index < -0.39 is 10.0 Å². The molecule has 0 radical (unpaired) electrons. The molecule has 2 aromatic heterocycles. The zero-order chi connectivity index (χ0) is 20.4. The van der Waals surface area contributed by atoms with Crippen molar-refractivity contribution in [3.05, 3.63) is 76.5 Å². The van der Waals surface area contributed by atoms with Gasteiger partial charge in [0.05, 0.1) is 22.3 Å². The Balaban J connectivity index is 1.46. The number of rotatable bonds is 6. The number of fused-ring (bicyclic) bond motifs is 1. The smallest absolute Gasteiger partial charge is 0.263 e. The van der Waals surface area contributed by atoms with Gasteiger partial charge in [0.1, 0.15) is 11.6 Å². The number of nitrogens with one attached hydrogen (secondary N) is 3. The first-order chi connectivity index (χ1) is 13.9. The first-order valence-electron chi connectivity index (χ1n) is 8.69. The van der Waals surface area contributed by atoms with E-state index in [4.69, 9.17) is 4.52 Å². The average molecular weight is 411 g/mol. The number of sulfonamides is 1. The molecule has 0 fully saturated rings. The predicted molar refractivity (Wildman–Crippen MR) is 108 cm³/mol. The zero-order valence-electron chi connectivity index (χ0n) is 15.3. The van der Waals surface area contributed by atoms with Crippen molar-refractivity contribution in [3.8, 4) is 0 Å². The molecule has 0 atom stereocenters. The molecule has 4 rings (SSSR count). The van der Waals surface area contributed by atoms with Crippen LogP contribution in [-0.4, -0.2) is 23.5 Å². The minimum Gasteiger partial charge on any atom is -0.378 e. The minimum atomic E-state index is -3.77. The van der Waals surface area contributed by atoms with Gasteiger partial charge in [0.2, 0.25) is 0 Å². The van der Waals surface area contributed by atoms with Gasteiger partial charge in [-0.3, -0.25) is 9.52 Å². The van der Waals surface area contributed by atoms with Gasteiger partial charge in [0.15, 0.2) is 5.82 Å². The molecule has 0 bridgehead atoms. The lowest BCUT2D eigenvalue weighted by Gasteiger charge is -2.09. The number of H-pyrrole nitrogens is 1. The highest BCUT2D eigenvalue weighted by molar-refractivity contribution is 7.92. The number of aryl methyl sites for hydroxylation is 1. The largest absolute Gasteiger partial charge is 0.378 e. The molecule has 9 nitrogen and oxygen atoms in total. The summed E-state index contributed by atoms with van der Waals surface area (Å²) in [4.78, 5) is 19.3. The van der Waals surface area contributed by atoms with Crippen molar-refractivity contribution >= 4 is 32.4 Å². The summed E-state index contributed by atoms with van der Waals surface area (Å²) in [6.45, 7) is 1.95. The third kappa shape index (κ3) is 4.11. The highest BCUT2D eigenvalue weighted by Crippen LogP contribution is 2.18. The number of aromatic nitrogens is 3. The Hall–Kier alpha value is -3.66. The van der Waals surface area contributed by atoms with Crippen LogP contribution in [0.2, 0.25) is 0 Å². The third-order valence-corrected chi connectivity index (χ3v) is 5.52. The average Bonchev–Trinajstić information content (AvgIpc) is 3.10. The molecule has 148 valence electrons. The van der Waals surface area contributed by atoms with Crippen LogP contribution in [-0.2, 0) is 16.6 Å². The van der Waals surface area contributed by atoms with E-state index in [-0.39, 0.29) is 22.8 Å². The molecule has 0 aliphatic rings. The molecule has 4 aromatic rings. The van der Waals surface area contributed by atoms with Crippen LogP contribution in [0.25, 0.3) is 10.9 Å². The quantitative estimate of drug-likeness (QED) is 0.445. The third-order valence-electron chi connectivity index (χ3n) is 4.15. The lowest BCUT2D eigenvalue weighted by molar-refractivity contribution is 0.400. The van der Waals surface area contributed by atoms with Gasteiger partial charge < -0.3 is 14.8 Å². The van der Waals surface area contributed by atoms with Gasteiger partial charge in [0.25, 0.3) is 15.6 Å². The second-order valence-electron chi connectivity index (χ2n) is 6.34. The summed E-state index contributed by atoms with van der Waals surface area (Å²) in [5, 5.41) is 7.26. The van der Waals surface area contributed by atoms with Crippen LogP contribution in [0.1, 0.15) is 11.6 Å². The summed E-state index contributed by atoms with van der Waals surface area (Å²) in [6, 6.07) is 14.8. The fourth-order valence-electron chi connectivity index (χ4n) is 2.77. The fraction of sp³-hybridized carbons (Fsp3) is 0.105. The van der Waals surface area contributed by atoms with Crippen LogP contribution in [0.15, 0.2) is 68.8 Å². The van der Waals surface area contributed by atoms with Gasteiger partial charge in [0, 0.05) is 11.8 Å². The van der Waals surface area contributed by atoms with Gasteiger partial charge in [-0.2, -0.15) is 0 Å². The van der Waals surface area contributed by atoms with Gasteiger partial charge in [-0.25, -0.2) is 13.4 Å². The topological polar surface area (TPSA) is 130 Å². The second-order valence-corrected chi connectivity index (χ2v) is 8.02. The number of nitrogens with zero attached hydrogens (tertiary/aromatic N) is 2. The van der Waals surface area contributed by atoms with Crippen molar-refractivity contribution in [2.45, 2.75) is 18.4 Å². The van der Waals surface area contributed by atoms with Gasteiger partial charge in [-0.15, -0.1) is 0 Å². The lowest BCUT2D eigenvalue weighted by atomic mass is 10.2. The molecular weight excluding hydrogens is 394 g/mol. The Kier molecular flexibility index (Phi) is 4.77. The molecule has 0 amide bonds. The highest BCUT2D eigenvalue weighted by atomic mass is 32.2. The summed E-state index contributed by atoms with van der Waals surface area (Å²) in [6.07, 6.45) is 0. The molecule has 0 aliphatic carbocycles. The molecule has 2 heterocycles. The normalized spacial score (nSPS) is 11.5. The number of aromatic amines is 1. The van der Waals surface area contributed by atoms with Crippen LogP contribution in [0.4, 0.5) is 11.5 Å². The minimum absolute atomic E-state index is 0.0842. The monoisotopic (exact) mass is 411 g/mol. The maximum absolute atomic E-state index is 12.4. The Morgan fingerprint density at radius 2 is 1.86 bits per heavy atom. The van der Waals surface area contributed by atoms with Crippen molar-refractivity contribution in [1.29, 1.82) is 0 Å². The maximum Gasteiger partial charge on any atom is 0.263 e. The van der Waals surface area contributed by atoms with E-state index in [0.29, 0.717) is 28.2 Å². The van der Waals surface area contributed by atoms with Crippen molar-refractivity contribution in [3.63, 3.8) is 0 Å². The number of hydrogen-bond acceptors (Lipinski definition) is 7. The molecule has 0 saturated heterocycles. The van der Waals surface area contributed by atoms with E-state index in [1.54, 1.807) is 37.3 Å².